The predicted octanol–water partition coefficient (Wildman–Crippen LogP) is 4.15. The number of rotatable bonds is 2. The maximum atomic E-state index is 12.5. The maximum Gasteiger partial charge on any atom is 0.257 e. The topological polar surface area (TPSA) is 45.2 Å². The normalized spacial score (nSPS) is 18.1. The monoisotopic (exact) mass is 361 g/mol. The van der Waals surface area contributed by atoms with Crippen molar-refractivity contribution in [2.45, 2.75) is 18.9 Å². The molecule has 3 aromatic rings. The van der Waals surface area contributed by atoms with Gasteiger partial charge in [0.05, 0.1) is 5.69 Å². The van der Waals surface area contributed by atoms with Crippen molar-refractivity contribution in [1.82, 2.24) is 9.88 Å². The summed E-state index contributed by atoms with van der Waals surface area (Å²) in [6.45, 7) is 1.09. The van der Waals surface area contributed by atoms with Crippen molar-refractivity contribution in [1.29, 1.82) is 0 Å². The first-order valence-electron chi connectivity index (χ1n) is 8.89. The van der Waals surface area contributed by atoms with E-state index in [1.807, 2.05) is 30.3 Å². The number of likely N-dealkylation sites (N-methyl/N-ethyl adjacent to an activating group) is 1. The lowest BCUT2D eigenvalue weighted by Crippen LogP contribution is -2.35. The molecule has 2 aliphatic rings. The van der Waals surface area contributed by atoms with E-state index in [0.717, 1.165) is 25.1 Å². The molecule has 5 rings (SSSR count). The number of carbonyl (C=O) groups is 1. The van der Waals surface area contributed by atoms with Crippen molar-refractivity contribution < 1.29 is 4.79 Å². The number of nitrogens with zero attached hydrogens (tertiary/aromatic N) is 2. The molecule has 1 aromatic heterocycles. The van der Waals surface area contributed by atoms with Crippen molar-refractivity contribution in [2.24, 2.45) is 0 Å². The molecule has 0 fully saturated rings. The Morgan fingerprint density at radius 1 is 1.19 bits per heavy atom. The van der Waals surface area contributed by atoms with Gasteiger partial charge in [0.15, 0.2) is 5.13 Å². The summed E-state index contributed by atoms with van der Waals surface area (Å²) in [5.41, 5.74) is 5.80. The van der Waals surface area contributed by atoms with Crippen LogP contribution in [0.25, 0.3) is 11.3 Å². The molecule has 1 N–H and O–H groups in total. The number of thiazole rings is 1. The van der Waals surface area contributed by atoms with Crippen molar-refractivity contribution in [2.75, 3.05) is 18.9 Å². The standard InChI is InChI=1S/C21H19N3OS/c1-24-11-10-13-8-5-9-15-18(13)16(24)12-17-19(15)22-21(26-17)23-20(25)14-6-3-2-4-7-14/h2-9,16H,10-12H2,1H3,(H,22,23,25). The van der Waals surface area contributed by atoms with Gasteiger partial charge in [-0.25, -0.2) is 4.98 Å². The molecule has 0 saturated heterocycles. The van der Waals surface area contributed by atoms with Gasteiger partial charge in [-0.3, -0.25) is 15.0 Å². The van der Waals surface area contributed by atoms with E-state index in [4.69, 9.17) is 4.98 Å². The average Bonchev–Trinajstić information content (AvgIpc) is 3.08. The van der Waals surface area contributed by atoms with Gasteiger partial charge in [-0.05, 0) is 36.7 Å². The highest BCUT2D eigenvalue weighted by atomic mass is 32.1. The number of fused-ring (bicyclic) bond motifs is 2. The quantitative estimate of drug-likeness (QED) is 0.746. The van der Waals surface area contributed by atoms with E-state index >= 15 is 0 Å². The molecular weight excluding hydrogens is 342 g/mol. The first kappa shape index (κ1) is 15.7. The van der Waals surface area contributed by atoms with Crippen LogP contribution in [0.1, 0.15) is 32.4 Å². The molecule has 1 aliphatic heterocycles. The van der Waals surface area contributed by atoms with Gasteiger partial charge in [-0.2, -0.15) is 0 Å². The Balaban J connectivity index is 1.52. The number of anilines is 1. The van der Waals surface area contributed by atoms with Crippen LogP contribution >= 0.6 is 11.3 Å². The van der Waals surface area contributed by atoms with Crippen LogP contribution in [-0.4, -0.2) is 29.4 Å². The van der Waals surface area contributed by atoms with E-state index < -0.39 is 0 Å². The highest BCUT2D eigenvalue weighted by molar-refractivity contribution is 7.16. The van der Waals surface area contributed by atoms with E-state index in [2.05, 4.69) is 35.5 Å². The van der Waals surface area contributed by atoms with Crippen LogP contribution in [0.15, 0.2) is 48.5 Å². The van der Waals surface area contributed by atoms with E-state index in [1.54, 1.807) is 11.3 Å². The number of benzene rings is 2. The van der Waals surface area contributed by atoms with Crippen molar-refractivity contribution in [3.63, 3.8) is 0 Å². The fourth-order valence-electron chi connectivity index (χ4n) is 4.05. The Bertz CT molecular complexity index is 996. The third kappa shape index (κ3) is 2.47. The lowest BCUT2D eigenvalue weighted by Gasteiger charge is -2.38. The molecule has 1 atom stereocenters. The second-order valence-electron chi connectivity index (χ2n) is 6.94. The molecule has 1 aliphatic carbocycles. The van der Waals surface area contributed by atoms with E-state index in [0.29, 0.717) is 16.7 Å². The molecule has 0 radical (unpaired) electrons. The second-order valence-corrected chi connectivity index (χ2v) is 8.02. The van der Waals surface area contributed by atoms with Crippen molar-refractivity contribution in [3.05, 3.63) is 70.1 Å². The maximum absolute atomic E-state index is 12.5. The molecule has 1 amide bonds. The first-order chi connectivity index (χ1) is 12.7. The largest absolute Gasteiger partial charge is 0.299 e. The van der Waals surface area contributed by atoms with Crippen molar-refractivity contribution >= 4 is 22.4 Å². The summed E-state index contributed by atoms with van der Waals surface area (Å²) in [6, 6.07) is 16.2. The Morgan fingerprint density at radius 3 is 2.88 bits per heavy atom. The lowest BCUT2D eigenvalue weighted by molar-refractivity contribution is 0.102. The number of aromatic nitrogens is 1. The summed E-state index contributed by atoms with van der Waals surface area (Å²) < 4.78 is 0. The molecule has 1 unspecified atom stereocenters. The van der Waals surface area contributed by atoms with Crippen LogP contribution in [0, 0.1) is 0 Å². The third-order valence-corrected chi connectivity index (χ3v) is 6.38. The molecule has 0 saturated carbocycles. The van der Waals surface area contributed by atoms with Crippen LogP contribution in [0.5, 0.6) is 0 Å². The lowest BCUT2D eigenvalue weighted by atomic mass is 9.82. The molecule has 0 spiro atoms. The highest BCUT2D eigenvalue weighted by Gasteiger charge is 2.34. The predicted molar refractivity (Wildman–Crippen MR) is 105 cm³/mol. The number of hydrogen-bond acceptors (Lipinski definition) is 4. The van der Waals surface area contributed by atoms with Gasteiger partial charge in [0.2, 0.25) is 0 Å². The summed E-state index contributed by atoms with van der Waals surface area (Å²) in [6.07, 6.45) is 2.06. The van der Waals surface area contributed by atoms with Crippen LogP contribution in [0.3, 0.4) is 0 Å². The summed E-state index contributed by atoms with van der Waals surface area (Å²) in [5.74, 6) is -0.108. The Hall–Kier alpha value is -2.50. The van der Waals surface area contributed by atoms with E-state index in [9.17, 15) is 4.79 Å². The van der Waals surface area contributed by atoms with Crippen LogP contribution in [0.2, 0.25) is 0 Å². The smallest absolute Gasteiger partial charge is 0.257 e. The van der Waals surface area contributed by atoms with Gasteiger partial charge in [-0.15, -0.1) is 11.3 Å². The fraction of sp³-hybridized carbons (Fsp3) is 0.238. The van der Waals surface area contributed by atoms with Gasteiger partial charge in [0, 0.05) is 35.0 Å². The molecule has 130 valence electrons. The molecule has 4 nitrogen and oxygen atoms in total. The Morgan fingerprint density at radius 2 is 2.04 bits per heavy atom. The molecule has 5 heteroatoms. The van der Waals surface area contributed by atoms with Gasteiger partial charge < -0.3 is 0 Å². The van der Waals surface area contributed by atoms with Gasteiger partial charge in [-0.1, -0.05) is 36.4 Å². The first-order valence-corrected chi connectivity index (χ1v) is 9.71. The second kappa shape index (κ2) is 6.04. The van der Waals surface area contributed by atoms with Crippen LogP contribution in [-0.2, 0) is 12.8 Å². The SMILES string of the molecule is CN1CCc2cccc3c2C1Cc1sc(NC(=O)c2ccccc2)nc1-3. The number of nitrogens with one attached hydrogen (secondary N) is 1. The zero-order chi connectivity index (χ0) is 17.7. The van der Waals surface area contributed by atoms with Gasteiger partial charge in [0.25, 0.3) is 5.91 Å². The average molecular weight is 361 g/mol. The summed E-state index contributed by atoms with van der Waals surface area (Å²) >= 11 is 1.60. The zero-order valence-electron chi connectivity index (χ0n) is 14.5. The third-order valence-electron chi connectivity index (χ3n) is 5.38. The van der Waals surface area contributed by atoms with Crippen LogP contribution in [0.4, 0.5) is 5.13 Å². The molecule has 2 heterocycles. The minimum atomic E-state index is -0.108. The van der Waals surface area contributed by atoms with Gasteiger partial charge >= 0.3 is 0 Å². The summed E-state index contributed by atoms with van der Waals surface area (Å²) in [7, 11) is 2.20. The molecule has 2 aromatic carbocycles. The highest BCUT2D eigenvalue weighted by Crippen LogP contribution is 2.46. The molecule has 0 bridgehead atoms. The van der Waals surface area contributed by atoms with Gasteiger partial charge in [0.1, 0.15) is 0 Å². The number of amides is 1. The summed E-state index contributed by atoms with van der Waals surface area (Å²) in [4.78, 5) is 20.9. The minimum Gasteiger partial charge on any atom is -0.299 e. The number of carbonyl (C=O) groups excluding carboxylic acids is 1. The number of hydrogen-bond donors (Lipinski definition) is 1. The molecule has 26 heavy (non-hydrogen) atoms. The summed E-state index contributed by atoms with van der Waals surface area (Å²) in [5, 5.41) is 3.66. The zero-order valence-corrected chi connectivity index (χ0v) is 15.3. The Kier molecular flexibility index (Phi) is 3.65. The minimum absolute atomic E-state index is 0.108. The fourth-order valence-corrected chi connectivity index (χ4v) is 5.06. The molecular formula is C21H19N3OS. The van der Waals surface area contributed by atoms with Crippen LogP contribution < -0.4 is 5.32 Å². The van der Waals surface area contributed by atoms with E-state index in [1.165, 1.54) is 21.6 Å². The van der Waals surface area contributed by atoms with Crippen molar-refractivity contribution in [3.8, 4) is 11.3 Å². The Labute approximate surface area is 156 Å². The van der Waals surface area contributed by atoms with E-state index in [-0.39, 0.29) is 5.91 Å².